The van der Waals surface area contributed by atoms with Crippen LogP contribution in [0, 0.1) is 6.92 Å². The van der Waals surface area contributed by atoms with Gasteiger partial charge in [0.2, 0.25) is 10.0 Å². The summed E-state index contributed by atoms with van der Waals surface area (Å²) < 4.78 is 33.9. The summed E-state index contributed by atoms with van der Waals surface area (Å²) in [6.45, 7) is 9.38. The van der Waals surface area contributed by atoms with E-state index in [-0.39, 0.29) is 5.54 Å². The molecule has 1 heterocycles. The average Bonchev–Trinajstić information content (AvgIpc) is 2.49. The molecule has 1 aromatic rings. The number of halogens is 1. The van der Waals surface area contributed by atoms with Crippen molar-refractivity contribution >= 4 is 26.0 Å². The molecule has 0 amide bonds. The molecule has 0 atom stereocenters. The van der Waals surface area contributed by atoms with Crippen LogP contribution in [0.1, 0.15) is 19.4 Å². The Bertz CT molecular complexity index is 626. The van der Waals surface area contributed by atoms with E-state index in [9.17, 15) is 8.42 Å². The molecule has 5 nitrogen and oxygen atoms in total. The maximum atomic E-state index is 12.5. The Kier molecular flexibility index (Phi) is 5.66. The van der Waals surface area contributed by atoms with Gasteiger partial charge in [-0.15, -0.1) is 0 Å². The van der Waals surface area contributed by atoms with E-state index in [0.717, 1.165) is 23.1 Å². The van der Waals surface area contributed by atoms with Gasteiger partial charge in [0.1, 0.15) is 0 Å². The molecule has 0 bridgehead atoms. The Labute approximate surface area is 141 Å². The van der Waals surface area contributed by atoms with E-state index in [1.54, 1.807) is 18.2 Å². The normalized spacial score (nSPS) is 17.6. The average molecular weight is 391 g/mol. The molecule has 0 unspecified atom stereocenters. The van der Waals surface area contributed by atoms with Gasteiger partial charge in [-0.1, -0.05) is 15.9 Å². The number of benzene rings is 1. The minimum absolute atomic E-state index is 0.249. The zero-order valence-corrected chi connectivity index (χ0v) is 15.6. The standard InChI is InChI=1S/C15H23BrN2O3S/c1-12-10-13(4-5-14(12)16)22(19,20)17-11-15(2,3)18-6-8-21-9-7-18/h4-5,10,17H,6-9,11H2,1-3H3. The first-order valence-electron chi connectivity index (χ1n) is 7.31. The number of nitrogens with zero attached hydrogens (tertiary/aromatic N) is 1. The molecule has 2 rings (SSSR count). The lowest BCUT2D eigenvalue weighted by molar-refractivity contribution is -0.00803. The van der Waals surface area contributed by atoms with E-state index >= 15 is 0 Å². The maximum absolute atomic E-state index is 12.5. The van der Waals surface area contributed by atoms with Crippen LogP contribution in [0.2, 0.25) is 0 Å². The number of morpholine rings is 1. The first-order chi connectivity index (χ1) is 10.2. The topological polar surface area (TPSA) is 58.6 Å². The van der Waals surface area contributed by atoms with Gasteiger partial charge < -0.3 is 4.74 Å². The molecule has 1 N–H and O–H groups in total. The molecule has 0 aliphatic carbocycles. The fraction of sp³-hybridized carbons (Fsp3) is 0.600. The molecule has 1 aliphatic rings. The number of rotatable bonds is 5. The third-order valence-electron chi connectivity index (χ3n) is 4.00. The number of nitrogens with one attached hydrogen (secondary N) is 1. The largest absolute Gasteiger partial charge is 0.379 e. The molecule has 1 saturated heterocycles. The monoisotopic (exact) mass is 390 g/mol. The molecule has 0 radical (unpaired) electrons. The first-order valence-corrected chi connectivity index (χ1v) is 9.59. The summed E-state index contributed by atoms with van der Waals surface area (Å²) in [5.41, 5.74) is 0.650. The molecule has 0 saturated carbocycles. The summed E-state index contributed by atoms with van der Waals surface area (Å²) in [7, 11) is -3.50. The van der Waals surface area contributed by atoms with Gasteiger partial charge in [0.05, 0.1) is 18.1 Å². The predicted octanol–water partition coefficient (Wildman–Crippen LogP) is 2.15. The Morgan fingerprint density at radius 3 is 2.55 bits per heavy atom. The lowest BCUT2D eigenvalue weighted by atomic mass is 10.0. The molecule has 1 aliphatic heterocycles. The highest BCUT2D eigenvalue weighted by Crippen LogP contribution is 2.21. The molecular weight excluding hydrogens is 368 g/mol. The van der Waals surface area contributed by atoms with Gasteiger partial charge >= 0.3 is 0 Å². The minimum atomic E-state index is -3.50. The van der Waals surface area contributed by atoms with Gasteiger partial charge in [-0.05, 0) is 44.5 Å². The highest BCUT2D eigenvalue weighted by atomic mass is 79.9. The van der Waals surface area contributed by atoms with Crippen molar-refractivity contribution in [1.82, 2.24) is 9.62 Å². The van der Waals surface area contributed by atoms with Crippen molar-refractivity contribution < 1.29 is 13.2 Å². The minimum Gasteiger partial charge on any atom is -0.379 e. The van der Waals surface area contributed by atoms with Crippen LogP contribution in [0.5, 0.6) is 0 Å². The number of aryl methyl sites for hydroxylation is 1. The molecule has 1 fully saturated rings. The summed E-state index contributed by atoms with van der Waals surface area (Å²) in [5.74, 6) is 0. The first kappa shape index (κ1) is 17.9. The van der Waals surface area contributed by atoms with Crippen LogP contribution in [0.3, 0.4) is 0 Å². The fourth-order valence-electron chi connectivity index (χ4n) is 2.42. The van der Waals surface area contributed by atoms with E-state index < -0.39 is 10.0 Å². The Morgan fingerprint density at radius 1 is 1.32 bits per heavy atom. The number of sulfonamides is 1. The van der Waals surface area contributed by atoms with Gasteiger partial charge in [-0.3, -0.25) is 4.90 Å². The van der Waals surface area contributed by atoms with Gasteiger partial charge in [0.15, 0.2) is 0 Å². The van der Waals surface area contributed by atoms with Crippen LogP contribution in [0.25, 0.3) is 0 Å². The third kappa shape index (κ3) is 4.29. The molecule has 1 aromatic carbocycles. The van der Waals surface area contributed by atoms with Crippen molar-refractivity contribution in [2.75, 3.05) is 32.8 Å². The Morgan fingerprint density at radius 2 is 1.95 bits per heavy atom. The van der Waals surface area contributed by atoms with Crippen molar-refractivity contribution in [1.29, 1.82) is 0 Å². The summed E-state index contributed by atoms with van der Waals surface area (Å²) in [6.07, 6.45) is 0. The van der Waals surface area contributed by atoms with Crippen LogP contribution in [0.4, 0.5) is 0 Å². The van der Waals surface area contributed by atoms with E-state index in [0.29, 0.717) is 24.7 Å². The van der Waals surface area contributed by atoms with Crippen molar-refractivity contribution in [2.24, 2.45) is 0 Å². The number of ether oxygens (including phenoxy) is 1. The highest BCUT2D eigenvalue weighted by molar-refractivity contribution is 9.10. The van der Waals surface area contributed by atoms with Gasteiger partial charge in [0, 0.05) is 29.6 Å². The van der Waals surface area contributed by atoms with E-state index in [4.69, 9.17) is 4.74 Å². The van der Waals surface area contributed by atoms with Crippen LogP contribution in [0.15, 0.2) is 27.6 Å². The van der Waals surface area contributed by atoms with Crippen molar-refractivity contribution in [3.8, 4) is 0 Å². The number of hydrogen-bond acceptors (Lipinski definition) is 4. The van der Waals surface area contributed by atoms with Gasteiger partial charge in [0.25, 0.3) is 0 Å². The van der Waals surface area contributed by atoms with Crippen LogP contribution < -0.4 is 4.72 Å². The molecule has 0 spiro atoms. The molecule has 0 aromatic heterocycles. The quantitative estimate of drug-likeness (QED) is 0.836. The Hall–Kier alpha value is -0.470. The van der Waals surface area contributed by atoms with Crippen LogP contribution >= 0.6 is 15.9 Å². The molecule has 7 heteroatoms. The highest BCUT2D eigenvalue weighted by Gasteiger charge is 2.30. The number of hydrogen-bond donors (Lipinski definition) is 1. The third-order valence-corrected chi connectivity index (χ3v) is 6.29. The fourth-order valence-corrected chi connectivity index (χ4v) is 3.96. The van der Waals surface area contributed by atoms with Gasteiger partial charge in [-0.25, -0.2) is 13.1 Å². The second kappa shape index (κ2) is 6.97. The molecule has 124 valence electrons. The SMILES string of the molecule is Cc1cc(S(=O)(=O)NCC(C)(C)N2CCOCC2)ccc1Br. The van der Waals surface area contributed by atoms with E-state index in [1.165, 1.54) is 0 Å². The second-order valence-corrected chi connectivity index (χ2v) is 8.77. The zero-order valence-electron chi connectivity index (χ0n) is 13.2. The van der Waals surface area contributed by atoms with Crippen molar-refractivity contribution in [2.45, 2.75) is 31.2 Å². The molecule has 22 heavy (non-hydrogen) atoms. The Balaban J connectivity index is 2.06. The maximum Gasteiger partial charge on any atom is 0.240 e. The smallest absolute Gasteiger partial charge is 0.240 e. The van der Waals surface area contributed by atoms with Crippen LogP contribution in [-0.4, -0.2) is 51.7 Å². The summed E-state index contributed by atoms with van der Waals surface area (Å²) in [5, 5.41) is 0. The lowest BCUT2D eigenvalue weighted by Gasteiger charge is -2.40. The zero-order chi connectivity index (χ0) is 16.4. The van der Waals surface area contributed by atoms with Crippen molar-refractivity contribution in [3.63, 3.8) is 0 Å². The van der Waals surface area contributed by atoms with Crippen LogP contribution in [-0.2, 0) is 14.8 Å². The summed E-state index contributed by atoms with van der Waals surface area (Å²) in [6, 6.07) is 5.05. The van der Waals surface area contributed by atoms with Gasteiger partial charge in [-0.2, -0.15) is 0 Å². The summed E-state index contributed by atoms with van der Waals surface area (Å²) >= 11 is 3.39. The van der Waals surface area contributed by atoms with E-state index in [1.807, 2.05) is 20.8 Å². The summed E-state index contributed by atoms with van der Waals surface area (Å²) in [4.78, 5) is 2.55. The van der Waals surface area contributed by atoms with E-state index in [2.05, 4.69) is 25.6 Å². The molecular formula is C15H23BrN2O3S. The lowest BCUT2D eigenvalue weighted by Crippen LogP contribution is -2.55. The predicted molar refractivity (Wildman–Crippen MR) is 90.5 cm³/mol. The van der Waals surface area contributed by atoms with Crippen molar-refractivity contribution in [3.05, 3.63) is 28.2 Å². The second-order valence-electron chi connectivity index (χ2n) is 6.15.